The molecule has 1 unspecified atom stereocenters. The van der Waals surface area contributed by atoms with Crippen LogP contribution in [0.2, 0.25) is 0 Å². The minimum atomic E-state index is -0.359. The number of carbonyl (C=O) groups is 1. The summed E-state index contributed by atoms with van der Waals surface area (Å²) in [5.74, 6) is 0.0944. The second kappa shape index (κ2) is 6.59. The SMILES string of the molecule is CCCC1(C(=O)Nc2cc(Br)ccc2O)CCCNC1. The summed E-state index contributed by atoms with van der Waals surface area (Å²) in [5.41, 5.74) is 0.104. The van der Waals surface area contributed by atoms with Gasteiger partial charge in [0, 0.05) is 11.0 Å². The van der Waals surface area contributed by atoms with Crippen molar-refractivity contribution in [3.63, 3.8) is 0 Å². The second-order valence-corrected chi connectivity index (χ2v) is 6.34. The minimum Gasteiger partial charge on any atom is -0.506 e. The zero-order valence-electron chi connectivity index (χ0n) is 11.7. The van der Waals surface area contributed by atoms with Crippen LogP contribution in [0.1, 0.15) is 32.6 Å². The number of benzene rings is 1. The summed E-state index contributed by atoms with van der Waals surface area (Å²) < 4.78 is 0.830. The van der Waals surface area contributed by atoms with E-state index in [1.807, 2.05) is 0 Å². The maximum Gasteiger partial charge on any atom is 0.231 e. The average Bonchev–Trinajstić information content (AvgIpc) is 2.44. The topological polar surface area (TPSA) is 61.4 Å². The number of aromatic hydroxyl groups is 1. The maximum atomic E-state index is 12.7. The van der Waals surface area contributed by atoms with Gasteiger partial charge in [-0.1, -0.05) is 29.3 Å². The van der Waals surface area contributed by atoms with Crippen molar-refractivity contribution in [2.24, 2.45) is 5.41 Å². The van der Waals surface area contributed by atoms with Crippen molar-refractivity contribution in [3.8, 4) is 5.75 Å². The van der Waals surface area contributed by atoms with Gasteiger partial charge in [0.25, 0.3) is 0 Å². The van der Waals surface area contributed by atoms with Crippen LogP contribution in [0.25, 0.3) is 0 Å². The Balaban J connectivity index is 2.18. The van der Waals surface area contributed by atoms with E-state index < -0.39 is 0 Å². The first-order valence-electron chi connectivity index (χ1n) is 7.08. The molecular weight excluding hydrogens is 320 g/mol. The van der Waals surface area contributed by atoms with Gasteiger partial charge in [-0.2, -0.15) is 0 Å². The Morgan fingerprint density at radius 2 is 2.35 bits per heavy atom. The van der Waals surface area contributed by atoms with Crippen LogP contribution in [-0.2, 0) is 4.79 Å². The highest BCUT2D eigenvalue weighted by Gasteiger charge is 2.38. The zero-order valence-corrected chi connectivity index (χ0v) is 13.3. The third kappa shape index (κ3) is 3.33. The number of hydrogen-bond donors (Lipinski definition) is 3. The molecule has 1 aliphatic heterocycles. The fourth-order valence-corrected chi connectivity index (χ4v) is 3.19. The third-order valence-electron chi connectivity index (χ3n) is 3.89. The summed E-state index contributed by atoms with van der Waals surface area (Å²) in [6.07, 6.45) is 3.74. The lowest BCUT2D eigenvalue weighted by Crippen LogP contribution is -2.48. The molecule has 0 aliphatic carbocycles. The lowest BCUT2D eigenvalue weighted by Gasteiger charge is -2.36. The first-order chi connectivity index (χ1) is 9.57. The highest BCUT2D eigenvalue weighted by Crippen LogP contribution is 2.35. The Bertz CT molecular complexity index is 479. The number of carbonyl (C=O) groups excluding carboxylic acids is 1. The number of halogens is 1. The molecule has 1 saturated heterocycles. The average molecular weight is 341 g/mol. The van der Waals surface area contributed by atoms with E-state index in [0.29, 0.717) is 12.2 Å². The first-order valence-corrected chi connectivity index (χ1v) is 7.87. The van der Waals surface area contributed by atoms with Gasteiger partial charge < -0.3 is 15.7 Å². The van der Waals surface area contributed by atoms with Gasteiger partial charge in [-0.05, 0) is 44.0 Å². The van der Waals surface area contributed by atoms with Gasteiger partial charge in [0.15, 0.2) is 0 Å². The first kappa shape index (κ1) is 15.3. The summed E-state index contributed by atoms with van der Waals surface area (Å²) >= 11 is 3.35. The van der Waals surface area contributed by atoms with Crippen LogP contribution in [0.5, 0.6) is 5.75 Å². The van der Waals surface area contributed by atoms with E-state index in [1.165, 1.54) is 0 Å². The van der Waals surface area contributed by atoms with Crippen LogP contribution >= 0.6 is 15.9 Å². The van der Waals surface area contributed by atoms with Crippen molar-refractivity contribution in [2.45, 2.75) is 32.6 Å². The Labute approximate surface area is 128 Å². The number of amides is 1. The fourth-order valence-electron chi connectivity index (χ4n) is 2.83. The van der Waals surface area contributed by atoms with Gasteiger partial charge in [-0.25, -0.2) is 0 Å². The van der Waals surface area contributed by atoms with Crippen LogP contribution in [0, 0.1) is 5.41 Å². The third-order valence-corrected chi connectivity index (χ3v) is 4.38. The van der Waals surface area contributed by atoms with Gasteiger partial charge in [-0.15, -0.1) is 0 Å². The van der Waals surface area contributed by atoms with Crippen molar-refractivity contribution in [1.82, 2.24) is 5.32 Å². The fraction of sp³-hybridized carbons (Fsp3) is 0.533. The van der Waals surface area contributed by atoms with Crippen molar-refractivity contribution in [1.29, 1.82) is 0 Å². The molecule has 1 heterocycles. The molecule has 3 N–H and O–H groups in total. The van der Waals surface area contributed by atoms with Crippen molar-refractivity contribution < 1.29 is 9.90 Å². The summed E-state index contributed by atoms with van der Waals surface area (Å²) in [4.78, 5) is 12.7. The largest absolute Gasteiger partial charge is 0.506 e. The molecule has 1 atom stereocenters. The highest BCUT2D eigenvalue weighted by molar-refractivity contribution is 9.10. The predicted octanol–water partition coefficient (Wildman–Crippen LogP) is 3.26. The number of phenolic OH excluding ortho intramolecular Hbond substituents is 1. The van der Waals surface area contributed by atoms with Crippen molar-refractivity contribution >= 4 is 27.5 Å². The van der Waals surface area contributed by atoms with E-state index in [-0.39, 0.29) is 17.1 Å². The van der Waals surface area contributed by atoms with Crippen molar-refractivity contribution in [3.05, 3.63) is 22.7 Å². The molecule has 1 fully saturated rings. The molecule has 4 nitrogen and oxygen atoms in total. The van der Waals surface area contributed by atoms with Crippen LogP contribution in [-0.4, -0.2) is 24.1 Å². The maximum absolute atomic E-state index is 12.7. The quantitative estimate of drug-likeness (QED) is 0.737. The monoisotopic (exact) mass is 340 g/mol. The van der Waals surface area contributed by atoms with Gasteiger partial charge in [0.1, 0.15) is 5.75 Å². The van der Waals surface area contributed by atoms with Crippen LogP contribution in [0.4, 0.5) is 5.69 Å². The molecule has 20 heavy (non-hydrogen) atoms. The number of phenols is 1. The standard InChI is InChI=1S/C15H21BrN2O2/c1-2-6-15(7-3-8-17-10-15)14(20)18-12-9-11(16)4-5-13(12)19/h4-5,9,17,19H,2-3,6-8,10H2,1H3,(H,18,20). The normalized spacial score (nSPS) is 22.5. The molecule has 1 aliphatic rings. The van der Waals surface area contributed by atoms with E-state index in [0.717, 1.165) is 36.7 Å². The van der Waals surface area contributed by atoms with Crippen LogP contribution in [0.15, 0.2) is 22.7 Å². The highest BCUT2D eigenvalue weighted by atomic mass is 79.9. The molecule has 0 saturated carbocycles. The molecule has 1 aromatic carbocycles. The molecule has 0 bridgehead atoms. The molecule has 0 radical (unpaired) electrons. The number of anilines is 1. The van der Waals surface area contributed by atoms with Gasteiger partial charge in [0.2, 0.25) is 5.91 Å². The summed E-state index contributed by atoms with van der Waals surface area (Å²) in [6.45, 7) is 3.78. The van der Waals surface area contributed by atoms with Crippen LogP contribution in [0.3, 0.4) is 0 Å². The predicted molar refractivity (Wildman–Crippen MR) is 83.9 cm³/mol. The van der Waals surface area contributed by atoms with E-state index in [2.05, 4.69) is 33.5 Å². The molecule has 1 amide bonds. The molecule has 1 aromatic rings. The molecular formula is C15H21BrN2O2. The zero-order chi connectivity index (χ0) is 14.6. The van der Waals surface area contributed by atoms with Gasteiger partial charge in [-0.3, -0.25) is 4.79 Å². The van der Waals surface area contributed by atoms with E-state index in [9.17, 15) is 9.90 Å². The number of hydrogen-bond acceptors (Lipinski definition) is 3. The summed E-state index contributed by atoms with van der Waals surface area (Å²) in [5, 5.41) is 16.1. The Hall–Kier alpha value is -1.07. The molecule has 2 rings (SSSR count). The number of rotatable bonds is 4. The van der Waals surface area contributed by atoms with E-state index in [4.69, 9.17) is 0 Å². The second-order valence-electron chi connectivity index (χ2n) is 5.43. The van der Waals surface area contributed by atoms with E-state index in [1.54, 1.807) is 18.2 Å². The number of nitrogens with one attached hydrogen (secondary N) is 2. The lowest BCUT2D eigenvalue weighted by molar-refractivity contribution is -0.127. The van der Waals surface area contributed by atoms with Gasteiger partial charge >= 0.3 is 0 Å². The lowest BCUT2D eigenvalue weighted by atomic mass is 9.76. The Kier molecular flexibility index (Phi) is 5.05. The summed E-state index contributed by atoms with van der Waals surface area (Å²) in [6, 6.07) is 5.05. The molecule has 110 valence electrons. The molecule has 0 spiro atoms. The minimum absolute atomic E-state index is 0.0000463. The van der Waals surface area contributed by atoms with Crippen LogP contribution < -0.4 is 10.6 Å². The smallest absolute Gasteiger partial charge is 0.231 e. The van der Waals surface area contributed by atoms with Gasteiger partial charge in [0.05, 0.1) is 11.1 Å². The number of piperidine rings is 1. The summed E-state index contributed by atoms with van der Waals surface area (Å²) in [7, 11) is 0. The van der Waals surface area contributed by atoms with E-state index >= 15 is 0 Å². The van der Waals surface area contributed by atoms with Crippen molar-refractivity contribution in [2.75, 3.05) is 18.4 Å². The molecule has 0 aromatic heterocycles. The Morgan fingerprint density at radius 3 is 3.00 bits per heavy atom. The Morgan fingerprint density at radius 1 is 1.55 bits per heavy atom. The molecule has 5 heteroatoms.